The summed E-state index contributed by atoms with van der Waals surface area (Å²) in [5.41, 5.74) is 4.82. The van der Waals surface area contributed by atoms with Crippen LogP contribution in [0.15, 0.2) is 66.7 Å². The molecule has 6 nitrogen and oxygen atoms in total. The monoisotopic (exact) mass is 581 g/mol. The highest BCUT2D eigenvalue weighted by atomic mass is 19.2. The van der Waals surface area contributed by atoms with Gasteiger partial charge >= 0.3 is 12.1 Å². The van der Waals surface area contributed by atoms with Gasteiger partial charge in [0.2, 0.25) is 34.8 Å². The minimum absolute atomic E-state index is 0.106. The predicted octanol–water partition coefficient (Wildman–Crippen LogP) is 6.37. The fourth-order valence-corrected chi connectivity index (χ4v) is 5.49. The first-order valence-electron chi connectivity index (χ1n) is 12.8. The van der Waals surface area contributed by atoms with Crippen molar-refractivity contribution in [3.63, 3.8) is 0 Å². The number of benzene rings is 4. The highest BCUT2D eigenvalue weighted by molar-refractivity contribution is 5.84. The lowest BCUT2D eigenvalue weighted by Gasteiger charge is -2.35. The second kappa shape index (κ2) is 10.5. The summed E-state index contributed by atoms with van der Waals surface area (Å²) >= 11 is 0. The van der Waals surface area contributed by atoms with Crippen LogP contribution in [0.25, 0.3) is 11.1 Å². The highest BCUT2D eigenvalue weighted by Crippen LogP contribution is 2.44. The van der Waals surface area contributed by atoms with Crippen molar-refractivity contribution in [3.05, 3.63) is 118 Å². The largest absolute Gasteiger partial charge is 0.508 e. The van der Waals surface area contributed by atoms with Crippen molar-refractivity contribution in [1.82, 2.24) is 4.90 Å². The van der Waals surface area contributed by atoms with Gasteiger partial charge < -0.3 is 14.6 Å². The van der Waals surface area contributed by atoms with Gasteiger partial charge in [-0.15, -0.1) is 0 Å². The fourth-order valence-electron chi connectivity index (χ4n) is 5.49. The molecule has 0 aromatic heterocycles. The first-order valence-corrected chi connectivity index (χ1v) is 12.8. The number of fused-ring (bicyclic) bond motifs is 4. The van der Waals surface area contributed by atoms with Gasteiger partial charge in [-0.3, -0.25) is 4.90 Å². The normalized spacial score (nSPS) is 15.5. The average Bonchev–Trinajstić information content (AvgIpc) is 3.32. The third-order valence-electron chi connectivity index (χ3n) is 7.53. The van der Waals surface area contributed by atoms with Crippen LogP contribution >= 0.6 is 0 Å². The lowest BCUT2D eigenvalue weighted by atomic mass is 9.94. The van der Waals surface area contributed by atoms with Crippen LogP contribution in [-0.2, 0) is 22.5 Å². The van der Waals surface area contributed by atoms with Gasteiger partial charge in [-0.2, -0.15) is 8.78 Å². The SMILES string of the molecule is O=C(Oc1c(F)c(F)c(F)c(F)c1F)C1Cc2cc(O)ccc2CN1C(=O)OCC1c2ccccc2-c2ccccc21. The number of hydrogen-bond donors (Lipinski definition) is 1. The van der Waals surface area contributed by atoms with Gasteiger partial charge in [-0.05, 0) is 45.5 Å². The van der Waals surface area contributed by atoms with E-state index in [1.165, 1.54) is 18.2 Å². The van der Waals surface area contributed by atoms with Crippen molar-refractivity contribution in [3.8, 4) is 22.6 Å². The van der Waals surface area contributed by atoms with Crippen LogP contribution in [0.5, 0.6) is 11.5 Å². The number of rotatable bonds is 4. The summed E-state index contributed by atoms with van der Waals surface area (Å²) in [6, 6.07) is 17.9. The molecule has 0 saturated carbocycles. The number of halogens is 5. The number of hydrogen-bond acceptors (Lipinski definition) is 5. The van der Waals surface area contributed by atoms with Crippen LogP contribution in [0.1, 0.15) is 28.2 Å². The number of phenols is 1. The molecule has 2 aliphatic rings. The number of carbonyl (C=O) groups is 2. The maximum absolute atomic E-state index is 14.3. The van der Waals surface area contributed by atoms with Crippen molar-refractivity contribution >= 4 is 12.1 Å². The van der Waals surface area contributed by atoms with E-state index in [0.29, 0.717) is 11.1 Å². The molecule has 1 amide bonds. The zero-order chi connectivity index (χ0) is 29.7. The van der Waals surface area contributed by atoms with Gasteiger partial charge in [0.1, 0.15) is 18.4 Å². The molecule has 0 bridgehead atoms. The standard InChI is InChI=1S/C31H20F5NO5/c32-24-25(33)27(35)29(28(36)26(24)34)42-30(39)23-12-16-11-17(38)10-9-15(16)13-37(23)31(40)41-14-22-20-7-3-1-5-18(20)19-6-2-4-8-21(19)22/h1-11,22-23,38H,12-14H2. The summed E-state index contributed by atoms with van der Waals surface area (Å²) in [6.45, 7) is -0.325. The van der Waals surface area contributed by atoms with E-state index >= 15 is 0 Å². The molecule has 0 radical (unpaired) electrons. The minimum Gasteiger partial charge on any atom is -0.508 e. The molecule has 1 aliphatic carbocycles. The Labute approximate surface area is 235 Å². The van der Waals surface area contributed by atoms with E-state index in [0.717, 1.165) is 27.2 Å². The van der Waals surface area contributed by atoms with Crippen LogP contribution in [-0.4, -0.2) is 34.7 Å². The molecule has 1 atom stereocenters. The Balaban J connectivity index is 1.29. The summed E-state index contributed by atoms with van der Waals surface area (Å²) in [4.78, 5) is 27.6. The van der Waals surface area contributed by atoms with E-state index in [2.05, 4.69) is 4.74 Å². The van der Waals surface area contributed by atoms with Gasteiger partial charge in [0.15, 0.2) is 0 Å². The number of esters is 1. The van der Waals surface area contributed by atoms with Gasteiger partial charge in [0.05, 0.1) is 6.54 Å². The molecule has 11 heteroatoms. The first-order chi connectivity index (χ1) is 20.2. The Kier molecular flexibility index (Phi) is 6.80. The summed E-state index contributed by atoms with van der Waals surface area (Å²) in [6.07, 6.45) is -1.25. The number of aromatic hydroxyl groups is 1. The van der Waals surface area contributed by atoms with Crippen LogP contribution < -0.4 is 4.74 Å². The van der Waals surface area contributed by atoms with Gasteiger partial charge in [-0.1, -0.05) is 54.6 Å². The van der Waals surface area contributed by atoms with Crippen molar-refractivity contribution in [2.45, 2.75) is 24.9 Å². The summed E-state index contributed by atoms with van der Waals surface area (Å²) in [5, 5.41) is 9.91. The molecule has 1 N–H and O–H groups in total. The molecule has 214 valence electrons. The third kappa shape index (κ3) is 4.50. The Morgan fingerprint density at radius 2 is 1.36 bits per heavy atom. The average molecular weight is 581 g/mol. The molecule has 1 unspecified atom stereocenters. The molecular weight excluding hydrogens is 561 g/mol. The van der Waals surface area contributed by atoms with Gasteiger partial charge in [0, 0.05) is 12.3 Å². The summed E-state index contributed by atoms with van der Waals surface area (Å²) < 4.78 is 79.9. The molecule has 1 heterocycles. The Bertz CT molecular complexity index is 1690. The number of ether oxygens (including phenoxy) is 2. The van der Waals surface area contributed by atoms with Crippen LogP contribution in [0.4, 0.5) is 26.7 Å². The number of carbonyl (C=O) groups excluding carboxylic acids is 2. The maximum atomic E-state index is 14.3. The van der Waals surface area contributed by atoms with Crippen LogP contribution in [0.2, 0.25) is 0 Å². The Hall–Kier alpha value is -4.93. The number of phenolic OH excluding ortho intramolecular Hbond substituents is 1. The number of amides is 1. The van der Waals surface area contributed by atoms with Crippen molar-refractivity contribution in [1.29, 1.82) is 0 Å². The predicted molar refractivity (Wildman–Crippen MR) is 138 cm³/mol. The topological polar surface area (TPSA) is 76.1 Å². The molecule has 6 rings (SSSR count). The highest BCUT2D eigenvalue weighted by Gasteiger charge is 2.40. The zero-order valence-electron chi connectivity index (χ0n) is 21.5. The van der Waals surface area contributed by atoms with E-state index in [-0.39, 0.29) is 31.2 Å². The summed E-state index contributed by atoms with van der Waals surface area (Å²) in [5.74, 6) is -15.3. The lowest BCUT2D eigenvalue weighted by molar-refractivity contribution is -0.141. The lowest BCUT2D eigenvalue weighted by Crippen LogP contribution is -2.50. The second-order valence-electron chi connectivity index (χ2n) is 9.92. The van der Waals surface area contributed by atoms with Crippen molar-refractivity contribution in [2.24, 2.45) is 0 Å². The van der Waals surface area contributed by atoms with Crippen molar-refractivity contribution in [2.75, 3.05) is 6.61 Å². The van der Waals surface area contributed by atoms with Gasteiger partial charge in [0.25, 0.3) is 0 Å². The molecule has 4 aromatic rings. The second-order valence-corrected chi connectivity index (χ2v) is 9.92. The quantitative estimate of drug-likeness (QED) is 0.0997. The molecule has 0 fully saturated rings. The first kappa shape index (κ1) is 27.3. The molecule has 4 aromatic carbocycles. The Morgan fingerprint density at radius 1 is 0.786 bits per heavy atom. The Morgan fingerprint density at radius 3 is 1.98 bits per heavy atom. The minimum atomic E-state index is -2.41. The molecule has 0 spiro atoms. The molecule has 0 saturated heterocycles. The summed E-state index contributed by atoms with van der Waals surface area (Å²) in [7, 11) is 0. The van der Waals surface area contributed by atoms with Gasteiger partial charge in [-0.25, -0.2) is 22.8 Å². The van der Waals surface area contributed by atoms with Crippen LogP contribution in [0.3, 0.4) is 0 Å². The number of nitrogens with zero attached hydrogens (tertiary/aromatic N) is 1. The van der Waals surface area contributed by atoms with Crippen LogP contribution in [0, 0.1) is 29.1 Å². The molecule has 42 heavy (non-hydrogen) atoms. The third-order valence-corrected chi connectivity index (χ3v) is 7.53. The smallest absolute Gasteiger partial charge is 0.410 e. The van der Waals surface area contributed by atoms with Crippen molar-refractivity contribution < 1.29 is 46.1 Å². The van der Waals surface area contributed by atoms with E-state index < -0.39 is 52.9 Å². The molecular formula is C31H20F5NO5. The molecule has 1 aliphatic heterocycles. The fraction of sp³-hybridized carbons (Fsp3) is 0.161. The zero-order valence-corrected chi connectivity index (χ0v) is 21.5. The van der Waals surface area contributed by atoms with E-state index in [1.807, 2.05) is 48.5 Å². The van der Waals surface area contributed by atoms with E-state index in [4.69, 9.17) is 4.74 Å². The van der Waals surface area contributed by atoms with E-state index in [1.54, 1.807) is 0 Å². The maximum Gasteiger partial charge on any atom is 0.410 e. The van der Waals surface area contributed by atoms with E-state index in [9.17, 15) is 36.6 Å².